The highest BCUT2D eigenvalue weighted by Crippen LogP contribution is 2.23. The fourth-order valence-electron chi connectivity index (χ4n) is 4.24. The quantitative estimate of drug-likeness (QED) is 0.368. The van der Waals surface area contributed by atoms with Crippen molar-refractivity contribution in [1.82, 2.24) is 29.9 Å². The van der Waals surface area contributed by atoms with E-state index >= 15 is 0 Å². The van der Waals surface area contributed by atoms with Gasteiger partial charge in [0.05, 0.1) is 17.3 Å². The number of piperidine rings is 1. The van der Waals surface area contributed by atoms with Gasteiger partial charge in [-0.15, -0.1) is 15.3 Å². The van der Waals surface area contributed by atoms with Crippen LogP contribution in [0, 0.1) is 0 Å². The number of thioether (sulfide) groups is 1. The number of likely N-dealkylation sites (tertiary alicyclic amines) is 1. The minimum Gasteiger partial charge on any atom is -0.468 e. The van der Waals surface area contributed by atoms with E-state index in [9.17, 15) is 4.79 Å². The molecule has 2 aromatic carbocycles. The Hall–Kier alpha value is -3.17. The van der Waals surface area contributed by atoms with Crippen LogP contribution in [0.25, 0.3) is 10.8 Å². The van der Waals surface area contributed by atoms with Crippen molar-refractivity contribution >= 4 is 22.5 Å². The monoisotopic (exact) mass is 476 g/mol. The average Bonchev–Trinajstić information content (AvgIpc) is 3.26. The first-order valence-corrected chi connectivity index (χ1v) is 12.7. The SMILES string of the molecule is O=c1[nH]nc(OCc2nnc(SCCN3CCCCC3)n2Cc2ccccc2)c2ccccc12. The molecule has 0 unspecified atom stereocenters. The van der Waals surface area contributed by atoms with E-state index in [1.54, 1.807) is 17.8 Å². The Balaban J connectivity index is 1.34. The Morgan fingerprint density at radius 1 is 0.941 bits per heavy atom. The van der Waals surface area contributed by atoms with E-state index in [0.29, 0.717) is 23.2 Å². The zero-order valence-electron chi connectivity index (χ0n) is 19.0. The largest absolute Gasteiger partial charge is 0.468 e. The molecule has 1 aliphatic heterocycles. The third kappa shape index (κ3) is 5.31. The summed E-state index contributed by atoms with van der Waals surface area (Å²) in [7, 11) is 0. The molecule has 1 saturated heterocycles. The van der Waals surface area contributed by atoms with E-state index in [1.807, 2.05) is 36.4 Å². The molecule has 3 heterocycles. The second-order valence-electron chi connectivity index (χ2n) is 8.41. The van der Waals surface area contributed by atoms with Crippen molar-refractivity contribution in [2.24, 2.45) is 0 Å². The van der Waals surface area contributed by atoms with Crippen LogP contribution in [0.2, 0.25) is 0 Å². The van der Waals surface area contributed by atoms with Crippen LogP contribution in [0.5, 0.6) is 5.88 Å². The van der Waals surface area contributed by atoms with Crippen molar-refractivity contribution in [3.05, 3.63) is 76.3 Å². The second kappa shape index (κ2) is 10.8. The number of hydrogen-bond acceptors (Lipinski definition) is 7. The lowest BCUT2D eigenvalue weighted by atomic mass is 10.1. The van der Waals surface area contributed by atoms with Crippen LogP contribution in [0.4, 0.5) is 0 Å². The molecule has 5 rings (SSSR count). The Labute approximate surface area is 202 Å². The predicted octanol–water partition coefficient (Wildman–Crippen LogP) is 3.72. The maximum atomic E-state index is 12.1. The summed E-state index contributed by atoms with van der Waals surface area (Å²) >= 11 is 1.74. The molecule has 9 heteroatoms. The van der Waals surface area contributed by atoms with E-state index in [4.69, 9.17) is 4.74 Å². The van der Waals surface area contributed by atoms with Gasteiger partial charge in [0.15, 0.2) is 11.0 Å². The molecule has 0 atom stereocenters. The molecule has 4 aromatic rings. The van der Waals surface area contributed by atoms with E-state index in [1.165, 1.54) is 37.9 Å². The molecule has 0 saturated carbocycles. The number of aromatic amines is 1. The number of ether oxygens (including phenoxy) is 1. The lowest BCUT2D eigenvalue weighted by molar-refractivity contribution is 0.242. The van der Waals surface area contributed by atoms with Crippen molar-refractivity contribution in [1.29, 1.82) is 0 Å². The molecule has 34 heavy (non-hydrogen) atoms. The van der Waals surface area contributed by atoms with E-state index < -0.39 is 0 Å². The Bertz CT molecular complexity index is 1280. The molecular formula is C25H28N6O2S. The molecule has 1 aliphatic rings. The number of aromatic nitrogens is 5. The summed E-state index contributed by atoms with van der Waals surface area (Å²) < 4.78 is 8.14. The molecule has 1 N–H and O–H groups in total. The smallest absolute Gasteiger partial charge is 0.272 e. The van der Waals surface area contributed by atoms with Crippen LogP contribution in [0.3, 0.4) is 0 Å². The highest BCUT2D eigenvalue weighted by atomic mass is 32.2. The standard InChI is InChI=1S/C25H28N6O2S/c32-23-20-11-5-6-12-21(20)24(28-27-23)33-18-22-26-29-25(31(22)17-19-9-3-1-4-10-19)34-16-15-30-13-7-2-8-14-30/h1,3-6,9-12H,2,7-8,13-18H2,(H,27,32). The first-order chi connectivity index (χ1) is 16.8. The summed E-state index contributed by atoms with van der Waals surface area (Å²) in [4.78, 5) is 14.6. The first-order valence-electron chi connectivity index (χ1n) is 11.7. The van der Waals surface area contributed by atoms with Crippen LogP contribution < -0.4 is 10.3 Å². The molecule has 8 nitrogen and oxygen atoms in total. The second-order valence-corrected chi connectivity index (χ2v) is 9.48. The summed E-state index contributed by atoms with van der Waals surface area (Å²) in [5, 5.41) is 17.7. The van der Waals surface area contributed by atoms with Gasteiger partial charge in [-0.2, -0.15) is 0 Å². The lowest BCUT2D eigenvalue weighted by Crippen LogP contribution is -2.31. The molecule has 176 valence electrons. The number of benzene rings is 2. The molecule has 0 aliphatic carbocycles. The minimum atomic E-state index is -0.234. The maximum absolute atomic E-state index is 12.1. The Kier molecular flexibility index (Phi) is 7.21. The van der Waals surface area contributed by atoms with Gasteiger partial charge in [0.2, 0.25) is 5.88 Å². The van der Waals surface area contributed by atoms with Gasteiger partial charge >= 0.3 is 0 Å². The third-order valence-electron chi connectivity index (χ3n) is 6.06. The van der Waals surface area contributed by atoms with Crippen molar-refractivity contribution in [3.63, 3.8) is 0 Å². The van der Waals surface area contributed by atoms with Crippen LogP contribution in [-0.4, -0.2) is 55.2 Å². The number of fused-ring (bicyclic) bond motifs is 1. The normalized spacial score (nSPS) is 14.5. The van der Waals surface area contributed by atoms with Gasteiger partial charge in [-0.05, 0) is 43.6 Å². The van der Waals surface area contributed by atoms with Gasteiger partial charge in [-0.1, -0.05) is 60.6 Å². The van der Waals surface area contributed by atoms with Gasteiger partial charge in [0.25, 0.3) is 5.56 Å². The van der Waals surface area contributed by atoms with E-state index in [2.05, 4.69) is 42.0 Å². The molecule has 0 radical (unpaired) electrons. The van der Waals surface area contributed by atoms with E-state index in [-0.39, 0.29) is 12.2 Å². The number of rotatable bonds is 9. The number of hydrogen-bond donors (Lipinski definition) is 1. The van der Waals surface area contributed by atoms with Crippen molar-refractivity contribution in [3.8, 4) is 5.88 Å². The van der Waals surface area contributed by atoms with Gasteiger partial charge in [-0.25, -0.2) is 5.10 Å². The molecule has 2 aromatic heterocycles. The zero-order valence-corrected chi connectivity index (χ0v) is 19.8. The summed E-state index contributed by atoms with van der Waals surface area (Å²) in [6.07, 6.45) is 3.94. The van der Waals surface area contributed by atoms with Gasteiger partial charge in [-0.3, -0.25) is 9.36 Å². The van der Waals surface area contributed by atoms with Gasteiger partial charge in [0.1, 0.15) is 6.61 Å². The molecule has 0 bridgehead atoms. The van der Waals surface area contributed by atoms with Crippen LogP contribution in [-0.2, 0) is 13.2 Å². The topological polar surface area (TPSA) is 88.9 Å². The molecule has 1 fully saturated rings. The highest BCUT2D eigenvalue weighted by molar-refractivity contribution is 7.99. The van der Waals surface area contributed by atoms with Crippen molar-refractivity contribution in [2.75, 3.05) is 25.4 Å². The van der Waals surface area contributed by atoms with E-state index in [0.717, 1.165) is 23.3 Å². The summed E-state index contributed by atoms with van der Waals surface area (Å²) in [6.45, 7) is 4.31. The maximum Gasteiger partial charge on any atom is 0.272 e. The molecule has 0 amide bonds. The molecular weight excluding hydrogens is 448 g/mol. The summed E-state index contributed by atoms with van der Waals surface area (Å²) in [5.74, 6) is 2.07. The van der Waals surface area contributed by atoms with Crippen LogP contribution in [0.15, 0.2) is 64.5 Å². The van der Waals surface area contributed by atoms with Crippen molar-refractivity contribution in [2.45, 2.75) is 37.6 Å². The molecule has 0 spiro atoms. The summed E-state index contributed by atoms with van der Waals surface area (Å²) in [6, 6.07) is 17.6. The number of nitrogens with one attached hydrogen (secondary N) is 1. The Morgan fingerprint density at radius 3 is 2.53 bits per heavy atom. The van der Waals surface area contributed by atoms with Gasteiger partial charge < -0.3 is 9.64 Å². The lowest BCUT2D eigenvalue weighted by Gasteiger charge is -2.25. The van der Waals surface area contributed by atoms with Crippen molar-refractivity contribution < 1.29 is 4.74 Å². The highest BCUT2D eigenvalue weighted by Gasteiger charge is 2.16. The third-order valence-corrected chi connectivity index (χ3v) is 7.01. The Morgan fingerprint density at radius 2 is 1.71 bits per heavy atom. The first kappa shape index (κ1) is 22.6. The summed E-state index contributed by atoms with van der Waals surface area (Å²) in [5.41, 5.74) is 0.941. The van der Waals surface area contributed by atoms with Gasteiger partial charge in [0, 0.05) is 12.3 Å². The number of nitrogens with zero attached hydrogens (tertiary/aromatic N) is 5. The minimum absolute atomic E-state index is 0.204. The number of H-pyrrole nitrogens is 1. The fraction of sp³-hybridized carbons (Fsp3) is 0.360. The fourth-order valence-corrected chi connectivity index (χ4v) is 5.20. The predicted molar refractivity (Wildman–Crippen MR) is 133 cm³/mol. The van der Waals surface area contributed by atoms with Crippen LogP contribution in [0.1, 0.15) is 30.7 Å². The van der Waals surface area contributed by atoms with Crippen LogP contribution >= 0.6 is 11.8 Å². The average molecular weight is 477 g/mol. The zero-order chi connectivity index (χ0) is 23.2.